The predicted molar refractivity (Wildman–Crippen MR) is 114 cm³/mol. The second kappa shape index (κ2) is 8.29. The number of aryl methyl sites for hydroxylation is 1. The van der Waals surface area contributed by atoms with Crippen LogP contribution in [-0.4, -0.2) is 39.8 Å². The first-order valence-electron chi connectivity index (χ1n) is 9.79. The van der Waals surface area contributed by atoms with Crippen molar-refractivity contribution in [2.24, 2.45) is 0 Å². The van der Waals surface area contributed by atoms with E-state index in [4.69, 9.17) is 11.2 Å². The number of nitrogens with zero attached hydrogens (tertiary/aromatic N) is 2. The smallest absolute Gasteiger partial charge is 0.313 e. The Hall–Kier alpha value is -3.79. The van der Waals surface area contributed by atoms with Crippen molar-refractivity contribution < 1.29 is 14.3 Å². The minimum Gasteiger partial charge on any atom is -0.481 e. The molecule has 30 heavy (non-hydrogen) atoms. The topological polar surface area (TPSA) is 87.3 Å². The lowest BCUT2D eigenvalue weighted by atomic mass is 10.2. The average molecular weight is 402 g/mol. The fourth-order valence-corrected chi connectivity index (χ4v) is 3.70. The predicted octanol–water partition coefficient (Wildman–Crippen LogP) is 3.19. The summed E-state index contributed by atoms with van der Waals surface area (Å²) in [6.07, 6.45) is 6.77. The summed E-state index contributed by atoms with van der Waals surface area (Å²) in [6, 6.07) is 12.5. The number of anilines is 1. The molecule has 0 spiro atoms. The third-order valence-electron chi connectivity index (χ3n) is 5.09. The highest BCUT2D eigenvalue weighted by Gasteiger charge is 2.35. The molecule has 0 aliphatic carbocycles. The van der Waals surface area contributed by atoms with Crippen LogP contribution in [0.4, 0.5) is 5.69 Å². The molecular formula is C23H22N4O3. The Kier molecular flexibility index (Phi) is 5.40. The Balaban J connectivity index is 1.49. The molecule has 2 amide bonds. The first kappa shape index (κ1) is 19.5. The molecule has 4 rings (SSSR count). The normalized spacial score (nSPS) is 15.7. The largest absolute Gasteiger partial charge is 0.481 e. The van der Waals surface area contributed by atoms with Gasteiger partial charge < -0.3 is 19.9 Å². The molecule has 2 N–H and O–H groups in total. The molecule has 2 aromatic carbocycles. The Bertz CT molecular complexity index is 1140. The second-order valence-electron chi connectivity index (χ2n) is 7.27. The Labute approximate surface area is 174 Å². The molecular weight excluding hydrogens is 380 g/mol. The highest BCUT2D eigenvalue weighted by Crippen LogP contribution is 2.32. The summed E-state index contributed by atoms with van der Waals surface area (Å²) in [4.78, 5) is 35.0. The van der Waals surface area contributed by atoms with Crippen molar-refractivity contribution in [1.29, 1.82) is 0 Å². The molecule has 1 aliphatic rings. The summed E-state index contributed by atoms with van der Waals surface area (Å²) in [7, 11) is 0. The van der Waals surface area contributed by atoms with Crippen LogP contribution in [-0.2, 0) is 9.59 Å². The minimum atomic E-state index is -0.692. The van der Waals surface area contributed by atoms with Crippen molar-refractivity contribution >= 4 is 28.5 Å². The van der Waals surface area contributed by atoms with Gasteiger partial charge >= 0.3 is 11.8 Å². The number of hydrogen-bond donors (Lipinski definition) is 2. The molecule has 1 unspecified atom stereocenters. The van der Waals surface area contributed by atoms with E-state index in [-0.39, 0.29) is 12.6 Å². The summed E-state index contributed by atoms with van der Waals surface area (Å²) in [5.41, 5.74) is 3.38. The van der Waals surface area contributed by atoms with E-state index in [0.29, 0.717) is 23.8 Å². The van der Waals surface area contributed by atoms with Crippen LogP contribution in [0, 0.1) is 19.3 Å². The van der Waals surface area contributed by atoms with Gasteiger partial charge in [-0.1, -0.05) is 18.1 Å². The zero-order chi connectivity index (χ0) is 21.1. The number of ether oxygens (including phenoxy) is 1. The third-order valence-corrected chi connectivity index (χ3v) is 5.09. The number of hydrogen-bond acceptors (Lipinski definition) is 4. The van der Waals surface area contributed by atoms with Gasteiger partial charge in [0.05, 0.1) is 17.1 Å². The van der Waals surface area contributed by atoms with Crippen molar-refractivity contribution in [3.05, 3.63) is 53.9 Å². The first-order chi connectivity index (χ1) is 14.5. The van der Waals surface area contributed by atoms with Gasteiger partial charge in [-0.3, -0.25) is 9.59 Å². The average Bonchev–Trinajstić information content (AvgIpc) is 3.38. The van der Waals surface area contributed by atoms with E-state index < -0.39 is 11.8 Å². The summed E-state index contributed by atoms with van der Waals surface area (Å²) < 4.78 is 5.35. The molecule has 1 atom stereocenters. The number of aromatic amines is 1. The molecule has 1 aliphatic heterocycles. The minimum absolute atomic E-state index is 0.128. The molecule has 1 aromatic heterocycles. The highest BCUT2D eigenvalue weighted by atomic mass is 16.5. The van der Waals surface area contributed by atoms with E-state index in [1.54, 1.807) is 29.2 Å². The molecule has 1 fully saturated rings. The molecule has 1 saturated heterocycles. The zero-order valence-electron chi connectivity index (χ0n) is 16.6. The van der Waals surface area contributed by atoms with E-state index in [0.717, 1.165) is 29.4 Å². The van der Waals surface area contributed by atoms with E-state index >= 15 is 0 Å². The van der Waals surface area contributed by atoms with E-state index in [1.165, 1.54) is 0 Å². The summed E-state index contributed by atoms with van der Waals surface area (Å²) in [6.45, 7) is 2.66. The molecule has 152 valence electrons. The number of nitrogens with one attached hydrogen (secondary N) is 2. The molecule has 7 nitrogen and oxygen atoms in total. The number of carbonyl (C=O) groups excluding carboxylic acids is 2. The summed E-state index contributed by atoms with van der Waals surface area (Å²) in [5, 5.41) is 2.65. The number of terminal acetylenes is 1. The van der Waals surface area contributed by atoms with E-state index in [9.17, 15) is 9.59 Å². The number of likely N-dealkylation sites (tertiary alicyclic amines) is 1. The number of rotatable bonds is 4. The monoisotopic (exact) mass is 402 g/mol. The number of H-pyrrole nitrogens is 1. The first-order valence-corrected chi connectivity index (χ1v) is 9.79. The zero-order valence-corrected chi connectivity index (χ0v) is 16.6. The number of amides is 2. The van der Waals surface area contributed by atoms with Crippen LogP contribution in [0.1, 0.15) is 30.3 Å². The van der Waals surface area contributed by atoms with Crippen LogP contribution < -0.4 is 10.1 Å². The van der Waals surface area contributed by atoms with Gasteiger partial charge in [-0.25, -0.2) is 4.98 Å². The fraction of sp³-hybridized carbons (Fsp3) is 0.261. The van der Waals surface area contributed by atoms with Gasteiger partial charge in [-0.15, -0.1) is 6.42 Å². The van der Waals surface area contributed by atoms with Gasteiger partial charge in [-0.2, -0.15) is 0 Å². The summed E-state index contributed by atoms with van der Waals surface area (Å²) >= 11 is 0. The summed E-state index contributed by atoms with van der Waals surface area (Å²) in [5.74, 6) is 2.34. The lowest BCUT2D eigenvalue weighted by Gasteiger charge is -2.22. The van der Waals surface area contributed by atoms with Crippen LogP contribution in [0.3, 0.4) is 0 Å². The second-order valence-corrected chi connectivity index (χ2v) is 7.27. The van der Waals surface area contributed by atoms with Crippen LogP contribution in [0.5, 0.6) is 5.75 Å². The van der Waals surface area contributed by atoms with Crippen molar-refractivity contribution in [3.8, 4) is 18.1 Å². The standard InChI is InChI=1S/C23H22N4O3/c1-3-12-30-17-7-4-6-16(14-17)24-22(28)23(29)27-11-5-8-20(27)21-25-18-10-9-15(2)13-19(18)26-21/h1,4,6-7,9-10,13-14,20H,5,8,11-12H2,2H3,(H,24,28)(H,25,26). The number of imidazole rings is 1. The van der Waals surface area contributed by atoms with Crippen molar-refractivity contribution in [1.82, 2.24) is 14.9 Å². The number of aromatic nitrogens is 2. The van der Waals surface area contributed by atoms with Crippen molar-refractivity contribution in [2.75, 3.05) is 18.5 Å². The lowest BCUT2D eigenvalue weighted by molar-refractivity contribution is -0.143. The van der Waals surface area contributed by atoms with Gasteiger partial charge in [0.2, 0.25) is 0 Å². The number of benzene rings is 2. The molecule has 2 heterocycles. The van der Waals surface area contributed by atoms with Crippen molar-refractivity contribution in [2.45, 2.75) is 25.8 Å². The fourth-order valence-electron chi connectivity index (χ4n) is 3.70. The highest BCUT2D eigenvalue weighted by molar-refractivity contribution is 6.39. The maximum Gasteiger partial charge on any atom is 0.313 e. The Morgan fingerprint density at radius 2 is 2.20 bits per heavy atom. The number of carbonyl (C=O) groups is 2. The Morgan fingerprint density at radius 1 is 1.33 bits per heavy atom. The van der Waals surface area contributed by atoms with Gasteiger partial charge in [0, 0.05) is 18.3 Å². The quantitative estimate of drug-likeness (QED) is 0.518. The van der Waals surface area contributed by atoms with Gasteiger partial charge in [0.15, 0.2) is 0 Å². The van der Waals surface area contributed by atoms with E-state index in [2.05, 4.69) is 21.2 Å². The van der Waals surface area contributed by atoms with Gasteiger partial charge in [0.25, 0.3) is 0 Å². The SMILES string of the molecule is C#CCOc1cccc(NC(=O)C(=O)N2CCCC2c2nc3ccc(C)cc3[nH]2)c1. The lowest BCUT2D eigenvalue weighted by Crippen LogP contribution is -2.39. The van der Waals surface area contributed by atoms with Gasteiger partial charge in [0.1, 0.15) is 18.2 Å². The van der Waals surface area contributed by atoms with Gasteiger partial charge in [-0.05, 0) is 49.6 Å². The molecule has 0 saturated carbocycles. The van der Waals surface area contributed by atoms with Crippen molar-refractivity contribution in [3.63, 3.8) is 0 Å². The van der Waals surface area contributed by atoms with Crippen LogP contribution in [0.25, 0.3) is 11.0 Å². The maximum atomic E-state index is 12.9. The maximum absolute atomic E-state index is 12.9. The number of fused-ring (bicyclic) bond motifs is 1. The molecule has 0 radical (unpaired) electrons. The van der Waals surface area contributed by atoms with Crippen LogP contribution >= 0.6 is 0 Å². The molecule has 0 bridgehead atoms. The third kappa shape index (κ3) is 3.98. The molecule has 3 aromatic rings. The Morgan fingerprint density at radius 3 is 3.03 bits per heavy atom. The van der Waals surface area contributed by atoms with Crippen LogP contribution in [0.2, 0.25) is 0 Å². The van der Waals surface area contributed by atoms with Crippen LogP contribution in [0.15, 0.2) is 42.5 Å². The van der Waals surface area contributed by atoms with E-state index in [1.807, 2.05) is 25.1 Å². The molecule has 7 heteroatoms.